The van der Waals surface area contributed by atoms with Crippen LogP contribution in [0.2, 0.25) is 0 Å². The lowest BCUT2D eigenvalue weighted by molar-refractivity contribution is -0.113. The number of anilines is 1. The van der Waals surface area contributed by atoms with E-state index in [1.165, 1.54) is 0 Å². The van der Waals surface area contributed by atoms with Gasteiger partial charge in [-0.1, -0.05) is 0 Å². The van der Waals surface area contributed by atoms with Crippen molar-refractivity contribution in [3.63, 3.8) is 0 Å². The third-order valence-electron chi connectivity index (χ3n) is 5.16. The number of rotatable bonds is 9. The van der Waals surface area contributed by atoms with E-state index in [1.807, 2.05) is 12.1 Å². The summed E-state index contributed by atoms with van der Waals surface area (Å²) in [6.07, 6.45) is 6.94. The highest BCUT2D eigenvalue weighted by Crippen LogP contribution is 2.45. The summed E-state index contributed by atoms with van der Waals surface area (Å²) < 4.78 is 23.1. The maximum Gasteiger partial charge on any atom is 0.204 e. The number of allylic oxidation sites excluding steroid dienone is 1. The standard InChI is InChI=1S/C23H26N2O6/c1-28-20-5-4-18-19-11-17(27)10-15-12-24-13-16(21(15)25-19)14-31-22(18)23(20)30-8-3-2-7-29-9-6-26/h4-5,11-13,25-26H,2-3,6-10,14H2,1H3. The van der Waals surface area contributed by atoms with Crippen LogP contribution in [0.15, 0.2) is 30.6 Å². The summed E-state index contributed by atoms with van der Waals surface area (Å²) in [7, 11) is 1.58. The molecule has 2 N–H and O–H groups in total. The first-order chi connectivity index (χ1) is 15.2. The third-order valence-corrected chi connectivity index (χ3v) is 5.16. The lowest BCUT2D eigenvalue weighted by Crippen LogP contribution is -2.13. The normalized spacial score (nSPS) is 14.3. The molecule has 0 saturated carbocycles. The lowest BCUT2D eigenvalue weighted by atomic mass is 10.1. The number of aromatic nitrogens is 1. The predicted molar refractivity (Wildman–Crippen MR) is 115 cm³/mol. The second kappa shape index (κ2) is 9.80. The van der Waals surface area contributed by atoms with Crippen LogP contribution in [0.3, 0.4) is 0 Å². The number of ether oxygens (including phenoxy) is 4. The van der Waals surface area contributed by atoms with Crippen LogP contribution in [-0.2, 0) is 22.6 Å². The molecule has 164 valence electrons. The number of unbranched alkanes of at least 4 members (excludes halogenated alkanes) is 1. The number of fused-ring (bicyclic) bond motifs is 3. The van der Waals surface area contributed by atoms with Gasteiger partial charge in [0.25, 0.3) is 0 Å². The average Bonchev–Trinajstić information content (AvgIpc) is 2.94. The van der Waals surface area contributed by atoms with E-state index in [9.17, 15) is 4.79 Å². The summed E-state index contributed by atoms with van der Waals surface area (Å²) in [5.74, 6) is 1.58. The summed E-state index contributed by atoms with van der Waals surface area (Å²) in [5, 5.41) is 12.2. The van der Waals surface area contributed by atoms with Crippen molar-refractivity contribution in [1.82, 2.24) is 4.98 Å². The second-order valence-electron chi connectivity index (χ2n) is 7.31. The molecule has 1 aromatic carbocycles. The Bertz CT molecular complexity index is 988. The molecule has 31 heavy (non-hydrogen) atoms. The van der Waals surface area contributed by atoms with Gasteiger partial charge in [0.1, 0.15) is 6.61 Å². The molecule has 2 aliphatic heterocycles. The molecule has 0 radical (unpaired) electrons. The highest BCUT2D eigenvalue weighted by Gasteiger charge is 2.27. The number of nitrogens with one attached hydrogen (secondary N) is 1. The van der Waals surface area contributed by atoms with Crippen molar-refractivity contribution in [2.45, 2.75) is 25.9 Å². The maximum absolute atomic E-state index is 12.5. The van der Waals surface area contributed by atoms with Crippen molar-refractivity contribution < 1.29 is 28.8 Å². The Morgan fingerprint density at radius 2 is 2.00 bits per heavy atom. The number of hydrogen-bond donors (Lipinski definition) is 2. The Morgan fingerprint density at radius 3 is 2.84 bits per heavy atom. The highest BCUT2D eigenvalue weighted by molar-refractivity contribution is 6.04. The zero-order valence-corrected chi connectivity index (χ0v) is 17.5. The molecule has 0 aliphatic carbocycles. The van der Waals surface area contributed by atoms with Crippen molar-refractivity contribution in [2.24, 2.45) is 0 Å². The van der Waals surface area contributed by atoms with Crippen LogP contribution in [0.4, 0.5) is 5.69 Å². The van der Waals surface area contributed by atoms with Gasteiger partial charge in [0, 0.05) is 48.2 Å². The minimum Gasteiger partial charge on any atom is -0.493 e. The van der Waals surface area contributed by atoms with Crippen molar-refractivity contribution >= 4 is 17.2 Å². The largest absolute Gasteiger partial charge is 0.493 e. The molecule has 0 unspecified atom stereocenters. The number of aliphatic hydroxyl groups is 1. The van der Waals surface area contributed by atoms with Crippen LogP contribution in [0.5, 0.6) is 17.2 Å². The highest BCUT2D eigenvalue weighted by atomic mass is 16.5. The molecule has 8 heteroatoms. The van der Waals surface area contributed by atoms with Crippen molar-refractivity contribution in [1.29, 1.82) is 0 Å². The molecule has 0 amide bonds. The van der Waals surface area contributed by atoms with Gasteiger partial charge in [-0.25, -0.2) is 0 Å². The minimum absolute atomic E-state index is 0.00536. The van der Waals surface area contributed by atoms with Gasteiger partial charge < -0.3 is 29.4 Å². The molecule has 3 heterocycles. The van der Waals surface area contributed by atoms with Gasteiger partial charge in [0.2, 0.25) is 5.75 Å². The minimum atomic E-state index is -0.00536. The molecule has 0 spiro atoms. The van der Waals surface area contributed by atoms with Crippen LogP contribution in [0, 0.1) is 0 Å². The van der Waals surface area contributed by atoms with Gasteiger partial charge in [0.15, 0.2) is 17.3 Å². The van der Waals surface area contributed by atoms with Gasteiger partial charge >= 0.3 is 0 Å². The van der Waals surface area contributed by atoms with E-state index in [2.05, 4.69) is 10.3 Å². The number of carbonyl (C=O) groups excluding carboxylic acids is 1. The number of nitrogens with zero attached hydrogens (tertiary/aromatic N) is 1. The number of aliphatic hydroxyl groups excluding tert-OH is 1. The molecular weight excluding hydrogens is 400 g/mol. The molecule has 2 aromatic rings. The summed E-state index contributed by atoms with van der Waals surface area (Å²) in [6.45, 7) is 1.67. The number of methoxy groups -OCH3 is 1. The molecule has 8 nitrogen and oxygen atoms in total. The van der Waals surface area contributed by atoms with E-state index in [-0.39, 0.29) is 19.0 Å². The summed E-state index contributed by atoms with van der Waals surface area (Å²) in [4.78, 5) is 16.8. The number of ketones is 1. The molecule has 0 fully saturated rings. The number of hydrogen-bond acceptors (Lipinski definition) is 8. The summed E-state index contributed by atoms with van der Waals surface area (Å²) >= 11 is 0. The van der Waals surface area contributed by atoms with E-state index >= 15 is 0 Å². The maximum atomic E-state index is 12.5. The van der Waals surface area contributed by atoms with Crippen LogP contribution in [0.25, 0.3) is 5.70 Å². The first kappa shape index (κ1) is 21.1. The SMILES string of the molecule is COc1ccc2c(c1OCCCCOCCO)OCc1cncc3c1NC2=CC(=O)C3. The topological polar surface area (TPSA) is 99.1 Å². The van der Waals surface area contributed by atoms with Gasteiger partial charge in [0.05, 0.1) is 38.3 Å². The fraction of sp³-hybridized carbons (Fsp3) is 0.391. The molecule has 0 saturated heterocycles. The quantitative estimate of drug-likeness (QED) is 0.591. The molecule has 2 bridgehead atoms. The molecule has 0 atom stereocenters. The Kier molecular flexibility index (Phi) is 6.69. The van der Waals surface area contributed by atoms with E-state index in [1.54, 1.807) is 25.6 Å². The van der Waals surface area contributed by atoms with Crippen molar-refractivity contribution in [2.75, 3.05) is 38.9 Å². The molecular formula is C23H26N2O6. The second-order valence-corrected chi connectivity index (χ2v) is 7.31. The number of benzene rings is 1. The Labute approximate surface area is 180 Å². The van der Waals surface area contributed by atoms with E-state index < -0.39 is 0 Å². The van der Waals surface area contributed by atoms with Gasteiger partial charge in [-0.15, -0.1) is 0 Å². The fourth-order valence-electron chi connectivity index (χ4n) is 3.67. The number of carbonyl (C=O) groups is 1. The Balaban J connectivity index is 1.61. The van der Waals surface area contributed by atoms with E-state index in [4.69, 9.17) is 24.1 Å². The van der Waals surface area contributed by atoms with Crippen LogP contribution in [-0.4, -0.2) is 49.4 Å². The number of pyridine rings is 1. The predicted octanol–water partition coefficient (Wildman–Crippen LogP) is 2.73. The van der Waals surface area contributed by atoms with E-state index in [0.717, 1.165) is 35.2 Å². The zero-order chi connectivity index (χ0) is 21.6. The van der Waals surface area contributed by atoms with Gasteiger partial charge in [-0.3, -0.25) is 9.78 Å². The molecule has 2 aliphatic rings. The molecule has 4 rings (SSSR count). The fourth-order valence-corrected chi connectivity index (χ4v) is 3.67. The van der Waals surface area contributed by atoms with Gasteiger partial charge in [-0.05, 0) is 25.0 Å². The first-order valence-corrected chi connectivity index (χ1v) is 10.3. The zero-order valence-electron chi connectivity index (χ0n) is 17.5. The smallest absolute Gasteiger partial charge is 0.204 e. The van der Waals surface area contributed by atoms with Crippen LogP contribution in [0.1, 0.15) is 29.5 Å². The Morgan fingerprint density at radius 1 is 1.16 bits per heavy atom. The lowest BCUT2D eigenvalue weighted by Gasteiger charge is -2.24. The first-order valence-electron chi connectivity index (χ1n) is 10.3. The van der Waals surface area contributed by atoms with E-state index in [0.29, 0.717) is 49.2 Å². The Hall–Kier alpha value is -3.10. The van der Waals surface area contributed by atoms with Crippen molar-refractivity contribution in [3.8, 4) is 17.2 Å². The van der Waals surface area contributed by atoms with Crippen LogP contribution >= 0.6 is 0 Å². The third kappa shape index (κ3) is 4.65. The van der Waals surface area contributed by atoms with Crippen LogP contribution < -0.4 is 19.5 Å². The summed E-state index contributed by atoms with van der Waals surface area (Å²) in [6, 6.07) is 3.68. The molecule has 1 aromatic heterocycles. The van der Waals surface area contributed by atoms with Gasteiger partial charge in [-0.2, -0.15) is 0 Å². The average molecular weight is 426 g/mol. The summed E-state index contributed by atoms with van der Waals surface area (Å²) in [5.41, 5.74) is 4.01. The monoisotopic (exact) mass is 426 g/mol. The van der Waals surface area contributed by atoms with Crippen molar-refractivity contribution in [3.05, 3.63) is 47.3 Å².